The van der Waals surface area contributed by atoms with E-state index in [1.54, 1.807) is 6.07 Å². The van der Waals surface area contributed by atoms with E-state index in [2.05, 4.69) is 5.32 Å². The van der Waals surface area contributed by atoms with Gasteiger partial charge >= 0.3 is 6.18 Å². The molecule has 4 aromatic carbocycles. The highest BCUT2D eigenvalue weighted by atomic mass is 35.5. The number of nitriles is 1. The molecule has 0 aliphatic carbocycles. The number of alkyl halides is 4. The number of benzene rings is 4. The number of carbonyl (C=O) groups is 2. The molecule has 0 radical (unpaired) electrons. The molecule has 4 rings (SSSR count). The molecule has 1 N–H and O–H groups in total. The van der Waals surface area contributed by atoms with Gasteiger partial charge in [0.05, 0.1) is 11.3 Å². The van der Waals surface area contributed by atoms with Crippen molar-refractivity contribution in [1.29, 1.82) is 5.26 Å². The van der Waals surface area contributed by atoms with Gasteiger partial charge in [-0.3, -0.25) is 9.59 Å². The molecule has 4 aromatic rings. The highest BCUT2D eigenvalue weighted by Gasteiger charge is 2.58. The van der Waals surface area contributed by atoms with Crippen molar-refractivity contribution in [2.24, 2.45) is 0 Å². The predicted octanol–water partition coefficient (Wildman–Crippen LogP) is 9.39. The number of nitrogens with one attached hydrogen (secondary N) is 1. The molecule has 226 valence electrons. The second-order valence-electron chi connectivity index (χ2n) is 9.25. The molecule has 0 saturated heterocycles. The van der Waals surface area contributed by atoms with E-state index in [9.17, 15) is 41.2 Å². The van der Waals surface area contributed by atoms with Crippen LogP contribution in [-0.2, 0) is 12.1 Å². The fourth-order valence-corrected chi connectivity index (χ4v) is 5.02. The van der Waals surface area contributed by atoms with Crippen LogP contribution < -0.4 is 5.32 Å². The Bertz CT molecular complexity index is 1790. The largest absolute Gasteiger partial charge is 0.431 e. The maximum Gasteiger partial charge on any atom is 0.431 e. The van der Waals surface area contributed by atoms with Gasteiger partial charge in [0.15, 0.2) is 5.78 Å². The molecule has 0 spiro atoms. The van der Waals surface area contributed by atoms with Crippen LogP contribution >= 0.6 is 34.8 Å². The Morgan fingerprint density at radius 2 is 1.36 bits per heavy atom. The number of halogens is 10. The molecule has 0 aliphatic heterocycles. The Kier molecular flexibility index (Phi) is 9.30. The zero-order chi connectivity index (χ0) is 32.6. The Morgan fingerprint density at radius 3 is 1.89 bits per heavy atom. The number of nitrogens with zero attached hydrogens (tertiary/aromatic N) is 1. The van der Waals surface area contributed by atoms with E-state index >= 15 is 4.39 Å². The lowest BCUT2D eigenvalue weighted by Crippen LogP contribution is -2.39. The first kappa shape index (κ1) is 32.8. The Hall–Kier alpha value is -4.11. The predicted molar refractivity (Wildman–Crippen MR) is 149 cm³/mol. The summed E-state index contributed by atoms with van der Waals surface area (Å²) in [6, 6.07) is 10.8. The number of Topliss-reactive ketones (excluding diaryl/α,β-unsaturated/α-hetero) is 1. The summed E-state index contributed by atoms with van der Waals surface area (Å²) in [7, 11) is 0. The summed E-state index contributed by atoms with van der Waals surface area (Å²) in [6.07, 6.45) is -6.07. The molecule has 0 fully saturated rings. The van der Waals surface area contributed by atoms with Crippen LogP contribution in [-0.4, -0.2) is 17.9 Å². The Balaban J connectivity index is 1.66. The molecule has 0 saturated carbocycles. The van der Waals surface area contributed by atoms with Crippen LogP contribution in [0.15, 0.2) is 66.7 Å². The zero-order valence-corrected chi connectivity index (χ0v) is 23.9. The summed E-state index contributed by atoms with van der Waals surface area (Å²) in [5.74, 6) is -6.45. The first-order valence-electron chi connectivity index (χ1n) is 12.1. The lowest BCUT2D eigenvalue weighted by molar-refractivity contribution is -0.219. The molecule has 0 aromatic heterocycles. The number of ketones is 1. The minimum Gasteiger partial charge on any atom is -0.321 e. The normalized spacial score (nSPS) is 12.8. The number of rotatable bonds is 7. The highest BCUT2D eigenvalue weighted by molar-refractivity contribution is 6.36. The number of carbonyl (C=O) groups excluding carboxylic acids is 2. The van der Waals surface area contributed by atoms with E-state index < -0.39 is 74.1 Å². The van der Waals surface area contributed by atoms with Crippen molar-refractivity contribution < 1.29 is 40.3 Å². The number of hydrogen-bond donors (Lipinski definition) is 1. The van der Waals surface area contributed by atoms with Gasteiger partial charge in [0.25, 0.3) is 11.6 Å². The van der Waals surface area contributed by atoms with Crippen molar-refractivity contribution >= 4 is 52.2 Å². The third kappa shape index (κ3) is 6.38. The van der Waals surface area contributed by atoms with Crippen molar-refractivity contribution in [2.45, 2.75) is 18.3 Å². The summed E-state index contributed by atoms with van der Waals surface area (Å²) in [5.41, 5.74) is -7.83. The SMILES string of the molecule is N#Cc1ccc(C(=O)Cc2c(Cl)cc(C(F)(c3ccc(Cl)cc3)C(F)(F)F)cc2Cl)cc1NC(=O)c1c(F)cc(F)cc1F. The van der Waals surface area contributed by atoms with Crippen molar-refractivity contribution in [3.05, 3.63) is 133 Å². The van der Waals surface area contributed by atoms with E-state index in [0.29, 0.717) is 12.1 Å². The van der Waals surface area contributed by atoms with Crippen molar-refractivity contribution in [2.75, 3.05) is 5.32 Å². The quantitative estimate of drug-likeness (QED) is 0.157. The van der Waals surface area contributed by atoms with Crippen LogP contribution in [0.2, 0.25) is 15.1 Å². The summed E-state index contributed by atoms with van der Waals surface area (Å²) in [6.45, 7) is 0. The van der Waals surface area contributed by atoms with Gasteiger partial charge in [-0.15, -0.1) is 0 Å². The minimum absolute atomic E-state index is 0.0727. The molecule has 1 amide bonds. The fraction of sp³-hybridized carbons (Fsp3) is 0.100. The second kappa shape index (κ2) is 12.5. The summed E-state index contributed by atoms with van der Waals surface area (Å²) in [5, 5.41) is 10.6. The molecule has 4 nitrogen and oxygen atoms in total. The first-order chi connectivity index (χ1) is 20.6. The van der Waals surface area contributed by atoms with Gasteiger partial charge in [0.1, 0.15) is 29.1 Å². The second-order valence-corrected chi connectivity index (χ2v) is 10.5. The van der Waals surface area contributed by atoms with Crippen LogP contribution in [0.25, 0.3) is 0 Å². The zero-order valence-electron chi connectivity index (χ0n) is 21.6. The molecule has 1 unspecified atom stereocenters. The van der Waals surface area contributed by atoms with Crippen LogP contribution in [0.5, 0.6) is 0 Å². The summed E-state index contributed by atoms with van der Waals surface area (Å²) < 4.78 is 99.5. The van der Waals surface area contributed by atoms with Gasteiger partial charge in [-0.2, -0.15) is 18.4 Å². The Morgan fingerprint density at radius 1 is 0.795 bits per heavy atom. The van der Waals surface area contributed by atoms with Gasteiger partial charge in [-0.05, 0) is 48.0 Å². The summed E-state index contributed by atoms with van der Waals surface area (Å²) >= 11 is 18.1. The van der Waals surface area contributed by atoms with Gasteiger partial charge in [0, 0.05) is 50.3 Å². The summed E-state index contributed by atoms with van der Waals surface area (Å²) in [4.78, 5) is 25.7. The van der Waals surface area contributed by atoms with Crippen molar-refractivity contribution in [1.82, 2.24) is 0 Å². The molecular formula is C30H14Cl3F7N2O2. The maximum atomic E-state index is 15.8. The number of anilines is 1. The maximum absolute atomic E-state index is 15.8. The van der Waals surface area contributed by atoms with E-state index in [-0.39, 0.29) is 39.5 Å². The molecule has 44 heavy (non-hydrogen) atoms. The van der Waals surface area contributed by atoms with E-state index in [1.165, 1.54) is 6.07 Å². The fourth-order valence-electron chi connectivity index (χ4n) is 4.27. The Labute approximate surface area is 259 Å². The average Bonchev–Trinajstić information content (AvgIpc) is 2.93. The first-order valence-corrected chi connectivity index (χ1v) is 13.2. The van der Waals surface area contributed by atoms with Gasteiger partial charge < -0.3 is 5.32 Å². The van der Waals surface area contributed by atoms with Gasteiger partial charge in [-0.25, -0.2) is 17.6 Å². The third-order valence-electron chi connectivity index (χ3n) is 6.45. The van der Waals surface area contributed by atoms with Crippen LogP contribution in [0.1, 0.15) is 43.0 Å². The standard InChI is InChI=1S/C30H14Cl3F7N2O2/c31-18-5-3-16(4-6-18)29(37,30(38,39)40)17-8-21(32)20(22(33)9-17)12-26(43)14-1-2-15(13-41)25(7-14)42-28(44)27-23(35)10-19(34)11-24(27)36/h1-11H,12H2,(H,42,44). The number of hydrogen-bond acceptors (Lipinski definition) is 3. The van der Waals surface area contributed by atoms with Gasteiger partial charge in [-0.1, -0.05) is 46.9 Å². The van der Waals surface area contributed by atoms with Crippen LogP contribution in [0, 0.1) is 28.8 Å². The van der Waals surface area contributed by atoms with E-state index in [1.807, 2.05) is 0 Å². The van der Waals surface area contributed by atoms with Gasteiger partial charge in [0.2, 0.25) is 0 Å². The minimum atomic E-state index is -5.45. The average molecular weight is 674 g/mol. The highest BCUT2D eigenvalue weighted by Crippen LogP contribution is 2.49. The van der Waals surface area contributed by atoms with E-state index in [0.717, 1.165) is 36.4 Å². The van der Waals surface area contributed by atoms with Crippen LogP contribution in [0.3, 0.4) is 0 Å². The molecule has 0 heterocycles. The number of amides is 1. The monoisotopic (exact) mass is 672 g/mol. The topological polar surface area (TPSA) is 70.0 Å². The lowest BCUT2D eigenvalue weighted by atomic mass is 9.86. The smallest absolute Gasteiger partial charge is 0.321 e. The molecule has 1 atom stereocenters. The lowest BCUT2D eigenvalue weighted by Gasteiger charge is -2.29. The van der Waals surface area contributed by atoms with Crippen LogP contribution in [0.4, 0.5) is 36.4 Å². The molecule has 14 heteroatoms. The van der Waals surface area contributed by atoms with E-state index in [4.69, 9.17) is 34.8 Å². The van der Waals surface area contributed by atoms with Crippen molar-refractivity contribution in [3.63, 3.8) is 0 Å². The van der Waals surface area contributed by atoms with Crippen molar-refractivity contribution in [3.8, 4) is 6.07 Å². The molecule has 0 aliphatic rings. The third-order valence-corrected chi connectivity index (χ3v) is 7.38. The molecular weight excluding hydrogens is 660 g/mol. The molecule has 0 bridgehead atoms.